The molecule has 0 unspecified atom stereocenters. The molecule has 3 aromatic rings. The van der Waals surface area contributed by atoms with Crippen LogP contribution >= 0.6 is 11.6 Å². The molecule has 2 aromatic carbocycles. The fourth-order valence-electron chi connectivity index (χ4n) is 3.13. The topological polar surface area (TPSA) is 64.4 Å². The molecule has 0 aliphatic carbocycles. The third-order valence-electron chi connectivity index (χ3n) is 4.53. The Bertz CT molecular complexity index is 964. The van der Waals surface area contributed by atoms with Gasteiger partial charge in [-0.25, -0.2) is 4.68 Å². The van der Waals surface area contributed by atoms with Crippen LogP contribution in [0.3, 0.4) is 0 Å². The largest absolute Gasteiger partial charge is 0.487 e. The van der Waals surface area contributed by atoms with Crippen LogP contribution in [-0.2, 0) is 24.2 Å². The van der Waals surface area contributed by atoms with E-state index >= 15 is 0 Å². The van der Waals surface area contributed by atoms with E-state index in [-0.39, 0.29) is 6.42 Å². The van der Waals surface area contributed by atoms with E-state index < -0.39 is 5.97 Å². The lowest BCUT2D eigenvalue weighted by Gasteiger charge is -2.12. The van der Waals surface area contributed by atoms with E-state index in [1.165, 1.54) is 0 Å². The fourth-order valence-corrected chi connectivity index (χ4v) is 3.25. The molecule has 146 valence electrons. The normalized spacial score (nSPS) is 10.8. The second-order valence-corrected chi connectivity index (χ2v) is 7.07. The SMILES string of the molecule is CCc1cc(OCc2cc(C)nn2-c2ccc(Cl)cc2)ccc1CCC(=O)O. The van der Waals surface area contributed by atoms with Gasteiger partial charge in [0.15, 0.2) is 0 Å². The van der Waals surface area contributed by atoms with Crippen molar-refractivity contribution in [1.29, 1.82) is 0 Å². The summed E-state index contributed by atoms with van der Waals surface area (Å²) in [4.78, 5) is 10.8. The molecular weight excluding hydrogens is 376 g/mol. The molecule has 0 saturated heterocycles. The summed E-state index contributed by atoms with van der Waals surface area (Å²) in [6.07, 6.45) is 1.49. The minimum absolute atomic E-state index is 0.132. The number of nitrogens with zero attached hydrogens (tertiary/aromatic N) is 2. The van der Waals surface area contributed by atoms with Crippen LogP contribution in [0.2, 0.25) is 5.02 Å². The average molecular weight is 399 g/mol. The number of hydrogen-bond acceptors (Lipinski definition) is 3. The maximum absolute atomic E-state index is 10.8. The van der Waals surface area contributed by atoms with Gasteiger partial charge in [0.1, 0.15) is 12.4 Å². The summed E-state index contributed by atoms with van der Waals surface area (Å²) in [5.74, 6) is -0.0226. The predicted molar refractivity (Wildman–Crippen MR) is 109 cm³/mol. The van der Waals surface area contributed by atoms with Crippen LogP contribution in [0.15, 0.2) is 48.5 Å². The number of hydrogen-bond donors (Lipinski definition) is 1. The van der Waals surface area contributed by atoms with Crippen molar-refractivity contribution in [3.8, 4) is 11.4 Å². The standard InChI is InChI=1S/C22H23ClN2O3/c1-3-16-13-21(10-4-17(16)5-11-22(26)27)28-14-20-12-15(2)24-25(20)19-8-6-18(23)7-9-19/h4,6-10,12-13H,3,5,11,14H2,1-2H3,(H,26,27). The Morgan fingerprint density at radius 3 is 2.57 bits per heavy atom. The maximum atomic E-state index is 10.8. The molecule has 0 fully saturated rings. The summed E-state index contributed by atoms with van der Waals surface area (Å²) >= 11 is 5.98. The summed E-state index contributed by atoms with van der Waals surface area (Å²) in [6, 6.07) is 15.4. The Morgan fingerprint density at radius 2 is 1.89 bits per heavy atom. The molecule has 3 rings (SSSR count). The van der Waals surface area contributed by atoms with Crippen molar-refractivity contribution in [2.45, 2.75) is 39.7 Å². The minimum atomic E-state index is -0.784. The molecule has 0 atom stereocenters. The number of carbonyl (C=O) groups is 1. The van der Waals surface area contributed by atoms with Crippen LogP contribution in [0.5, 0.6) is 5.75 Å². The number of ether oxygens (including phenoxy) is 1. The van der Waals surface area contributed by atoms with Gasteiger partial charge in [0.05, 0.1) is 17.1 Å². The molecule has 6 heteroatoms. The lowest BCUT2D eigenvalue weighted by molar-refractivity contribution is -0.136. The highest BCUT2D eigenvalue weighted by atomic mass is 35.5. The zero-order valence-corrected chi connectivity index (χ0v) is 16.7. The number of aryl methyl sites for hydroxylation is 3. The van der Waals surface area contributed by atoms with Crippen molar-refractivity contribution in [2.75, 3.05) is 0 Å². The van der Waals surface area contributed by atoms with Gasteiger partial charge in [-0.05, 0) is 73.4 Å². The third kappa shape index (κ3) is 4.93. The van der Waals surface area contributed by atoms with Gasteiger partial charge in [0, 0.05) is 11.4 Å². The number of carboxylic acid groups (broad SMARTS) is 1. The number of halogens is 1. The van der Waals surface area contributed by atoms with E-state index in [1.54, 1.807) is 0 Å². The summed E-state index contributed by atoms with van der Waals surface area (Å²) in [5.41, 5.74) is 4.94. The molecule has 1 aromatic heterocycles. The Kier molecular flexibility index (Phi) is 6.37. The molecule has 1 N–H and O–H groups in total. The van der Waals surface area contributed by atoms with Gasteiger partial charge in [-0.15, -0.1) is 0 Å². The molecule has 0 spiro atoms. The van der Waals surface area contributed by atoms with Crippen LogP contribution in [0.4, 0.5) is 0 Å². The number of aliphatic carboxylic acids is 1. The quantitative estimate of drug-likeness (QED) is 0.580. The van der Waals surface area contributed by atoms with Crippen molar-refractivity contribution in [3.63, 3.8) is 0 Å². The average Bonchev–Trinajstić information content (AvgIpc) is 3.06. The van der Waals surface area contributed by atoms with E-state index in [1.807, 2.05) is 60.1 Å². The van der Waals surface area contributed by atoms with Crippen LogP contribution in [-0.4, -0.2) is 20.9 Å². The van der Waals surface area contributed by atoms with Gasteiger partial charge in [-0.1, -0.05) is 24.6 Å². The summed E-state index contributed by atoms with van der Waals surface area (Å²) in [6.45, 7) is 4.38. The zero-order valence-electron chi connectivity index (χ0n) is 16.0. The Hall–Kier alpha value is -2.79. The molecule has 0 amide bonds. The fraction of sp³-hybridized carbons (Fsp3) is 0.273. The van der Waals surface area contributed by atoms with Crippen molar-refractivity contribution in [2.24, 2.45) is 0 Å². The summed E-state index contributed by atoms with van der Waals surface area (Å²) < 4.78 is 7.87. The monoisotopic (exact) mass is 398 g/mol. The molecule has 28 heavy (non-hydrogen) atoms. The minimum Gasteiger partial charge on any atom is -0.487 e. The van der Waals surface area contributed by atoms with Gasteiger partial charge in [-0.2, -0.15) is 5.10 Å². The van der Waals surface area contributed by atoms with E-state index in [2.05, 4.69) is 12.0 Å². The number of rotatable bonds is 8. The van der Waals surface area contributed by atoms with Crippen molar-refractivity contribution in [3.05, 3.63) is 76.1 Å². The molecular formula is C22H23ClN2O3. The molecule has 0 bridgehead atoms. The Labute approximate surface area is 169 Å². The lowest BCUT2D eigenvalue weighted by Crippen LogP contribution is -2.06. The Balaban J connectivity index is 1.75. The molecule has 0 aliphatic heterocycles. The molecule has 5 nitrogen and oxygen atoms in total. The smallest absolute Gasteiger partial charge is 0.303 e. The first-order chi connectivity index (χ1) is 13.5. The zero-order chi connectivity index (χ0) is 20.1. The van der Waals surface area contributed by atoms with Crippen LogP contribution in [0.1, 0.15) is 35.9 Å². The van der Waals surface area contributed by atoms with Crippen molar-refractivity contribution in [1.82, 2.24) is 9.78 Å². The predicted octanol–water partition coefficient (Wildman–Crippen LogP) is 4.99. The van der Waals surface area contributed by atoms with Crippen LogP contribution in [0.25, 0.3) is 5.69 Å². The van der Waals surface area contributed by atoms with Gasteiger partial charge in [-0.3, -0.25) is 4.79 Å². The van der Waals surface area contributed by atoms with Gasteiger partial charge >= 0.3 is 5.97 Å². The molecule has 0 saturated carbocycles. The second kappa shape index (κ2) is 8.93. The second-order valence-electron chi connectivity index (χ2n) is 6.63. The first kappa shape index (κ1) is 20.0. The summed E-state index contributed by atoms with van der Waals surface area (Å²) in [5, 5.41) is 14.1. The molecule has 0 aliphatic rings. The van der Waals surface area contributed by atoms with Gasteiger partial charge < -0.3 is 9.84 Å². The van der Waals surface area contributed by atoms with E-state index in [4.69, 9.17) is 21.4 Å². The maximum Gasteiger partial charge on any atom is 0.303 e. The van der Waals surface area contributed by atoms with E-state index in [9.17, 15) is 4.79 Å². The van der Waals surface area contributed by atoms with Gasteiger partial charge in [0.25, 0.3) is 0 Å². The van der Waals surface area contributed by atoms with E-state index in [0.29, 0.717) is 18.1 Å². The highest BCUT2D eigenvalue weighted by Crippen LogP contribution is 2.22. The number of benzene rings is 2. The molecule has 0 radical (unpaired) electrons. The third-order valence-corrected chi connectivity index (χ3v) is 4.78. The van der Waals surface area contributed by atoms with Crippen molar-refractivity contribution >= 4 is 17.6 Å². The molecule has 1 heterocycles. The highest BCUT2D eigenvalue weighted by molar-refractivity contribution is 6.30. The first-order valence-corrected chi connectivity index (χ1v) is 9.62. The number of carboxylic acids is 1. The van der Waals surface area contributed by atoms with Gasteiger partial charge in [0.2, 0.25) is 0 Å². The summed E-state index contributed by atoms with van der Waals surface area (Å²) in [7, 11) is 0. The Morgan fingerprint density at radius 1 is 1.14 bits per heavy atom. The first-order valence-electron chi connectivity index (χ1n) is 9.24. The van der Waals surface area contributed by atoms with E-state index in [0.717, 1.165) is 40.4 Å². The van der Waals surface area contributed by atoms with Crippen LogP contribution in [0, 0.1) is 6.92 Å². The number of aromatic nitrogens is 2. The highest BCUT2D eigenvalue weighted by Gasteiger charge is 2.10. The van der Waals surface area contributed by atoms with Crippen molar-refractivity contribution < 1.29 is 14.6 Å². The van der Waals surface area contributed by atoms with Crippen LogP contribution < -0.4 is 4.74 Å². The lowest BCUT2D eigenvalue weighted by atomic mass is 10.0.